The Bertz CT molecular complexity index is 781. The third kappa shape index (κ3) is 5.38. The van der Waals surface area contributed by atoms with Gasteiger partial charge in [-0.15, -0.1) is 0 Å². The Balaban J connectivity index is 1.55. The predicted molar refractivity (Wildman–Crippen MR) is 108 cm³/mol. The maximum atomic E-state index is 13.2. The van der Waals surface area contributed by atoms with E-state index in [0.29, 0.717) is 50.8 Å². The molecule has 0 radical (unpaired) electrons. The number of nitrogens with zero attached hydrogens (tertiary/aromatic N) is 1. The highest BCUT2D eigenvalue weighted by molar-refractivity contribution is 5.42. The summed E-state index contributed by atoms with van der Waals surface area (Å²) in [5.41, 5.74) is 2.20. The average molecular weight is 387 g/mol. The van der Waals surface area contributed by atoms with Crippen LogP contribution in [-0.2, 0) is 11.2 Å². The van der Waals surface area contributed by atoms with Gasteiger partial charge in [-0.1, -0.05) is 18.2 Å². The van der Waals surface area contributed by atoms with Gasteiger partial charge in [-0.3, -0.25) is 0 Å². The number of hydrogen-bond donors (Lipinski definition) is 0. The molecule has 0 amide bonds. The second-order valence-electron chi connectivity index (χ2n) is 7.25. The summed E-state index contributed by atoms with van der Waals surface area (Å²) in [6.45, 7) is 4.24. The molecule has 3 rings (SSSR count). The van der Waals surface area contributed by atoms with Crippen LogP contribution in [0.5, 0.6) is 17.2 Å². The van der Waals surface area contributed by atoms with E-state index in [0.717, 1.165) is 16.9 Å². The molecule has 152 valence electrons. The molecule has 1 saturated heterocycles. The molecular weight excluding hydrogens is 358 g/mol. The molecular formula is C22H29NO5. The van der Waals surface area contributed by atoms with Gasteiger partial charge in [0.15, 0.2) is 11.5 Å². The monoisotopic (exact) mass is 387 g/mol. The van der Waals surface area contributed by atoms with Gasteiger partial charge in [-0.05, 0) is 42.3 Å². The Morgan fingerprint density at radius 3 is 2.68 bits per heavy atom. The highest BCUT2D eigenvalue weighted by atomic mass is 16.6. The second-order valence-corrected chi connectivity index (χ2v) is 7.25. The maximum Gasteiger partial charge on any atom is 0.160 e. The zero-order chi connectivity index (χ0) is 20.0. The number of methoxy groups -OCH3 is 2. The van der Waals surface area contributed by atoms with Gasteiger partial charge < -0.3 is 28.8 Å². The minimum absolute atomic E-state index is 0.197. The standard InChI is InChI=1S/C22H29NO5/c1-17-5-4-6-19(13-17)28-16-20-15-23(24,11-12-27-20)10-9-18-7-8-21(25-2)22(14-18)26-3/h4-8,13-14,20H,9-12,15-16H2,1-3H3/t20-,23-/m0/s1. The topological polar surface area (TPSA) is 60.0 Å². The van der Waals surface area contributed by atoms with Crippen molar-refractivity contribution in [2.24, 2.45) is 0 Å². The zero-order valence-electron chi connectivity index (χ0n) is 16.8. The van der Waals surface area contributed by atoms with Crippen LogP contribution in [0.25, 0.3) is 0 Å². The van der Waals surface area contributed by atoms with Gasteiger partial charge in [0.2, 0.25) is 0 Å². The lowest BCUT2D eigenvalue weighted by atomic mass is 10.1. The number of ether oxygens (including phenoxy) is 4. The van der Waals surface area contributed by atoms with Gasteiger partial charge in [0.05, 0.1) is 27.4 Å². The van der Waals surface area contributed by atoms with E-state index < -0.39 is 0 Å². The lowest BCUT2D eigenvalue weighted by Crippen LogP contribution is -2.56. The van der Waals surface area contributed by atoms with Crippen molar-refractivity contribution in [3.63, 3.8) is 0 Å². The molecule has 0 N–H and O–H groups in total. The average Bonchev–Trinajstić information content (AvgIpc) is 2.71. The molecule has 1 heterocycles. The summed E-state index contributed by atoms with van der Waals surface area (Å²) in [6, 6.07) is 13.7. The fourth-order valence-electron chi connectivity index (χ4n) is 3.47. The van der Waals surface area contributed by atoms with E-state index >= 15 is 0 Å². The van der Waals surface area contributed by atoms with Crippen molar-refractivity contribution in [3.05, 3.63) is 58.8 Å². The molecule has 0 spiro atoms. The molecule has 0 saturated carbocycles. The normalized spacial score (nSPS) is 21.9. The fraction of sp³-hybridized carbons (Fsp3) is 0.455. The Labute approximate surface area is 166 Å². The Kier molecular flexibility index (Phi) is 6.78. The number of hydroxylamine groups is 3. The first kappa shape index (κ1) is 20.5. The van der Waals surface area contributed by atoms with E-state index in [9.17, 15) is 5.21 Å². The molecule has 6 nitrogen and oxygen atoms in total. The van der Waals surface area contributed by atoms with Crippen LogP contribution in [0.3, 0.4) is 0 Å². The van der Waals surface area contributed by atoms with Crippen molar-refractivity contribution in [2.45, 2.75) is 19.4 Å². The van der Waals surface area contributed by atoms with Crippen LogP contribution >= 0.6 is 0 Å². The first-order valence-corrected chi connectivity index (χ1v) is 9.60. The molecule has 0 aliphatic carbocycles. The highest BCUT2D eigenvalue weighted by Crippen LogP contribution is 2.28. The minimum Gasteiger partial charge on any atom is -0.633 e. The molecule has 0 unspecified atom stereocenters. The summed E-state index contributed by atoms with van der Waals surface area (Å²) in [5.74, 6) is 2.18. The van der Waals surface area contributed by atoms with Crippen LogP contribution in [0, 0.1) is 12.1 Å². The van der Waals surface area contributed by atoms with Crippen molar-refractivity contribution in [1.29, 1.82) is 0 Å². The lowest BCUT2D eigenvalue weighted by molar-refractivity contribution is -0.892. The minimum atomic E-state index is -0.268. The molecule has 1 aliphatic heterocycles. The third-order valence-corrected chi connectivity index (χ3v) is 5.07. The summed E-state index contributed by atoms with van der Waals surface area (Å²) in [5, 5.41) is 13.2. The van der Waals surface area contributed by atoms with Gasteiger partial charge in [-0.2, -0.15) is 0 Å². The third-order valence-electron chi connectivity index (χ3n) is 5.07. The van der Waals surface area contributed by atoms with Gasteiger partial charge in [0.1, 0.15) is 31.5 Å². The van der Waals surface area contributed by atoms with E-state index in [1.54, 1.807) is 14.2 Å². The van der Waals surface area contributed by atoms with Crippen LogP contribution in [0.15, 0.2) is 42.5 Å². The van der Waals surface area contributed by atoms with Crippen molar-refractivity contribution in [2.75, 3.05) is 47.1 Å². The fourth-order valence-corrected chi connectivity index (χ4v) is 3.47. The van der Waals surface area contributed by atoms with E-state index in [4.69, 9.17) is 18.9 Å². The first-order valence-electron chi connectivity index (χ1n) is 9.60. The Morgan fingerprint density at radius 2 is 1.93 bits per heavy atom. The number of benzene rings is 2. The van der Waals surface area contributed by atoms with Crippen molar-refractivity contribution >= 4 is 0 Å². The number of hydrogen-bond acceptors (Lipinski definition) is 5. The quantitative estimate of drug-likeness (QED) is 0.514. The highest BCUT2D eigenvalue weighted by Gasteiger charge is 2.29. The number of quaternary nitrogens is 1. The zero-order valence-corrected chi connectivity index (χ0v) is 16.8. The first-order chi connectivity index (χ1) is 13.5. The summed E-state index contributed by atoms with van der Waals surface area (Å²) in [6.07, 6.45) is 0.479. The van der Waals surface area contributed by atoms with E-state index in [1.165, 1.54) is 0 Å². The molecule has 2 atom stereocenters. The van der Waals surface area contributed by atoms with Crippen LogP contribution < -0.4 is 14.2 Å². The van der Waals surface area contributed by atoms with Crippen LogP contribution in [-0.4, -0.2) is 57.8 Å². The van der Waals surface area contributed by atoms with Gasteiger partial charge in [0, 0.05) is 6.42 Å². The number of morpholine rings is 1. The molecule has 2 aromatic rings. The number of rotatable bonds is 8. The van der Waals surface area contributed by atoms with E-state index in [2.05, 4.69) is 0 Å². The summed E-state index contributed by atoms with van der Waals surface area (Å²) < 4.78 is 22.0. The Morgan fingerprint density at radius 1 is 1.11 bits per heavy atom. The summed E-state index contributed by atoms with van der Waals surface area (Å²) >= 11 is 0. The molecule has 0 aromatic heterocycles. The van der Waals surface area contributed by atoms with E-state index in [1.807, 2.05) is 49.4 Å². The van der Waals surface area contributed by atoms with E-state index in [-0.39, 0.29) is 10.8 Å². The maximum absolute atomic E-state index is 13.2. The molecule has 1 fully saturated rings. The van der Waals surface area contributed by atoms with Crippen molar-refractivity contribution < 1.29 is 23.6 Å². The van der Waals surface area contributed by atoms with Crippen molar-refractivity contribution in [3.8, 4) is 17.2 Å². The van der Waals surface area contributed by atoms with Gasteiger partial charge >= 0.3 is 0 Å². The van der Waals surface area contributed by atoms with Crippen LogP contribution in [0.2, 0.25) is 0 Å². The van der Waals surface area contributed by atoms with Gasteiger partial charge in [-0.25, -0.2) is 0 Å². The summed E-state index contributed by atoms with van der Waals surface area (Å²) in [4.78, 5) is 0. The smallest absolute Gasteiger partial charge is 0.160 e. The molecule has 1 aliphatic rings. The van der Waals surface area contributed by atoms with Gasteiger partial charge in [0.25, 0.3) is 0 Å². The summed E-state index contributed by atoms with van der Waals surface area (Å²) in [7, 11) is 3.23. The number of aryl methyl sites for hydroxylation is 1. The predicted octanol–water partition coefficient (Wildman–Crippen LogP) is 3.35. The largest absolute Gasteiger partial charge is 0.633 e. The Hall–Kier alpha value is -2.28. The molecule has 0 bridgehead atoms. The van der Waals surface area contributed by atoms with Crippen LogP contribution in [0.1, 0.15) is 11.1 Å². The van der Waals surface area contributed by atoms with Crippen LogP contribution in [0.4, 0.5) is 0 Å². The lowest BCUT2D eigenvalue weighted by Gasteiger charge is -2.47. The molecule has 6 heteroatoms. The SMILES string of the molecule is COc1ccc(CC[N@+]2([O-])CCO[C@H](COc3cccc(C)c3)C2)cc1OC. The van der Waals surface area contributed by atoms with Crippen molar-refractivity contribution in [1.82, 2.24) is 0 Å². The molecule has 28 heavy (non-hydrogen) atoms. The molecule has 2 aromatic carbocycles. The second kappa shape index (κ2) is 9.28.